The zero-order valence-electron chi connectivity index (χ0n) is 7.67. The van der Waals surface area contributed by atoms with Gasteiger partial charge in [-0.2, -0.15) is 0 Å². The molecule has 0 atom stereocenters. The summed E-state index contributed by atoms with van der Waals surface area (Å²) in [5.74, 6) is 0. The van der Waals surface area contributed by atoms with Gasteiger partial charge in [0.2, 0.25) is 0 Å². The van der Waals surface area contributed by atoms with Crippen LogP contribution in [0.4, 0.5) is 4.79 Å². The molecule has 0 saturated carbocycles. The van der Waals surface area contributed by atoms with E-state index in [-0.39, 0.29) is 6.09 Å². The normalized spacial score (nSPS) is 17.2. The molecule has 1 aliphatic rings. The summed E-state index contributed by atoms with van der Waals surface area (Å²) in [5.41, 5.74) is 1.36. The summed E-state index contributed by atoms with van der Waals surface area (Å²) in [5, 5.41) is 0. The number of hydrogen-bond acceptors (Lipinski definition) is 2. The van der Waals surface area contributed by atoms with E-state index in [0.29, 0.717) is 13.2 Å². The Bertz CT molecular complexity index is 199. The molecule has 0 unspecified atom stereocenters. The lowest BCUT2D eigenvalue weighted by atomic mass is 10.1. The third kappa shape index (κ3) is 2.26. The average Bonchev–Trinajstić information content (AvgIpc) is 2.06. The Hall–Kier alpha value is -0.990. The molecule has 1 heterocycles. The molecule has 0 fully saturated rings. The molecule has 0 saturated heterocycles. The number of rotatable bonds is 1. The van der Waals surface area contributed by atoms with E-state index in [1.807, 2.05) is 6.92 Å². The fourth-order valence-corrected chi connectivity index (χ4v) is 1.15. The van der Waals surface area contributed by atoms with Crippen LogP contribution in [0.2, 0.25) is 0 Å². The molecular formula is C9H15NO2. The van der Waals surface area contributed by atoms with Gasteiger partial charge in [-0.05, 0) is 20.3 Å². The van der Waals surface area contributed by atoms with E-state index >= 15 is 0 Å². The Labute approximate surface area is 73.0 Å². The lowest BCUT2D eigenvalue weighted by Gasteiger charge is -2.24. The highest BCUT2D eigenvalue weighted by molar-refractivity contribution is 5.68. The van der Waals surface area contributed by atoms with Gasteiger partial charge in [0.15, 0.2) is 0 Å². The van der Waals surface area contributed by atoms with Gasteiger partial charge in [0, 0.05) is 13.1 Å². The molecule has 0 radical (unpaired) electrons. The predicted molar refractivity (Wildman–Crippen MR) is 47.0 cm³/mol. The molecule has 0 aromatic carbocycles. The van der Waals surface area contributed by atoms with Crippen LogP contribution < -0.4 is 0 Å². The van der Waals surface area contributed by atoms with Crippen molar-refractivity contribution < 1.29 is 9.53 Å². The Balaban J connectivity index is 2.40. The van der Waals surface area contributed by atoms with Gasteiger partial charge < -0.3 is 9.64 Å². The van der Waals surface area contributed by atoms with Gasteiger partial charge in [-0.15, -0.1) is 0 Å². The van der Waals surface area contributed by atoms with Crippen LogP contribution in [0, 0.1) is 0 Å². The van der Waals surface area contributed by atoms with Crippen LogP contribution in [0.1, 0.15) is 20.3 Å². The number of amides is 1. The van der Waals surface area contributed by atoms with Crippen molar-refractivity contribution in [3.05, 3.63) is 11.6 Å². The zero-order valence-corrected chi connectivity index (χ0v) is 7.67. The number of nitrogens with zero attached hydrogens (tertiary/aromatic N) is 1. The summed E-state index contributed by atoms with van der Waals surface area (Å²) in [6.45, 7) is 5.86. The van der Waals surface area contributed by atoms with Gasteiger partial charge in [-0.1, -0.05) is 11.6 Å². The molecule has 1 amide bonds. The van der Waals surface area contributed by atoms with Gasteiger partial charge in [0.25, 0.3) is 0 Å². The highest BCUT2D eigenvalue weighted by Gasteiger charge is 2.15. The molecule has 68 valence electrons. The molecule has 0 aromatic rings. The van der Waals surface area contributed by atoms with E-state index in [4.69, 9.17) is 4.74 Å². The first kappa shape index (κ1) is 9.10. The van der Waals surface area contributed by atoms with Crippen LogP contribution in [-0.2, 0) is 4.74 Å². The summed E-state index contributed by atoms with van der Waals surface area (Å²) in [6.07, 6.45) is 2.85. The van der Waals surface area contributed by atoms with Crippen LogP contribution in [0.5, 0.6) is 0 Å². The first-order valence-corrected chi connectivity index (χ1v) is 4.31. The third-order valence-electron chi connectivity index (χ3n) is 1.96. The lowest BCUT2D eigenvalue weighted by Crippen LogP contribution is -2.35. The van der Waals surface area contributed by atoms with Gasteiger partial charge in [0.1, 0.15) is 0 Å². The van der Waals surface area contributed by atoms with Crippen LogP contribution in [0.25, 0.3) is 0 Å². The second kappa shape index (κ2) is 4.14. The summed E-state index contributed by atoms with van der Waals surface area (Å²) < 4.78 is 4.87. The van der Waals surface area contributed by atoms with E-state index in [9.17, 15) is 4.79 Å². The van der Waals surface area contributed by atoms with Crippen molar-refractivity contribution in [1.29, 1.82) is 0 Å². The smallest absolute Gasteiger partial charge is 0.410 e. The second-order valence-electron chi connectivity index (χ2n) is 2.95. The standard InChI is InChI=1S/C9H15NO2/c1-3-12-9(11)10-6-4-8(2)5-7-10/h4H,3,5-7H2,1-2H3. The molecule has 3 nitrogen and oxygen atoms in total. The number of hydrogen-bond donors (Lipinski definition) is 0. The highest BCUT2D eigenvalue weighted by Crippen LogP contribution is 2.10. The summed E-state index contributed by atoms with van der Waals surface area (Å²) >= 11 is 0. The highest BCUT2D eigenvalue weighted by atomic mass is 16.6. The van der Waals surface area contributed by atoms with E-state index in [1.165, 1.54) is 5.57 Å². The van der Waals surface area contributed by atoms with Crippen molar-refractivity contribution in [2.45, 2.75) is 20.3 Å². The topological polar surface area (TPSA) is 29.5 Å². The number of carbonyl (C=O) groups excluding carboxylic acids is 1. The molecule has 1 aliphatic heterocycles. The van der Waals surface area contributed by atoms with Crippen molar-refractivity contribution in [3.63, 3.8) is 0 Å². The van der Waals surface area contributed by atoms with E-state index in [2.05, 4.69) is 13.0 Å². The van der Waals surface area contributed by atoms with E-state index in [0.717, 1.165) is 13.0 Å². The maximum atomic E-state index is 11.2. The van der Waals surface area contributed by atoms with E-state index in [1.54, 1.807) is 4.90 Å². The van der Waals surface area contributed by atoms with Crippen LogP contribution in [-0.4, -0.2) is 30.7 Å². The Morgan fingerprint density at radius 3 is 3.00 bits per heavy atom. The Morgan fingerprint density at radius 1 is 1.75 bits per heavy atom. The number of ether oxygens (including phenoxy) is 1. The maximum absolute atomic E-state index is 11.2. The minimum absolute atomic E-state index is 0.193. The van der Waals surface area contributed by atoms with Gasteiger partial charge >= 0.3 is 6.09 Å². The maximum Gasteiger partial charge on any atom is 0.410 e. The average molecular weight is 169 g/mol. The molecule has 1 rings (SSSR count). The SMILES string of the molecule is CCOC(=O)N1CC=C(C)CC1. The molecular weight excluding hydrogens is 154 g/mol. The molecule has 3 heteroatoms. The molecule has 0 aromatic heterocycles. The van der Waals surface area contributed by atoms with Crippen molar-refractivity contribution in [2.75, 3.05) is 19.7 Å². The van der Waals surface area contributed by atoms with Crippen LogP contribution in [0.3, 0.4) is 0 Å². The van der Waals surface area contributed by atoms with Crippen LogP contribution >= 0.6 is 0 Å². The van der Waals surface area contributed by atoms with Crippen molar-refractivity contribution >= 4 is 6.09 Å². The minimum Gasteiger partial charge on any atom is -0.450 e. The predicted octanol–water partition coefficient (Wildman–Crippen LogP) is 1.79. The van der Waals surface area contributed by atoms with Crippen molar-refractivity contribution in [3.8, 4) is 0 Å². The fourth-order valence-electron chi connectivity index (χ4n) is 1.15. The van der Waals surface area contributed by atoms with E-state index < -0.39 is 0 Å². The van der Waals surface area contributed by atoms with Crippen molar-refractivity contribution in [2.24, 2.45) is 0 Å². The molecule has 0 N–H and O–H groups in total. The second-order valence-corrected chi connectivity index (χ2v) is 2.95. The zero-order chi connectivity index (χ0) is 8.97. The lowest BCUT2D eigenvalue weighted by molar-refractivity contribution is 0.110. The monoisotopic (exact) mass is 169 g/mol. The van der Waals surface area contributed by atoms with Gasteiger partial charge in [-0.25, -0.2) is 4.79 Å². The first-order chi connectivity index (χ1) is 5.74. The van der Waals surface area contributed by atoms with Gasteiger partial charge in [0.05, 0.1) is 6.61 Å². The first-order valence-electron chi connectivity index (χ1n) is 4.31. The molecule has 12 heavy (non-hydrogen) atoms. The Morgan fingerprint density at radius 2 is 2.50 bits per heavy atom. The van der Waals surface area contributed by atoms with Gasteiger partial charge in [-0.3, -0.25) is 0 Å². The summed E-state index contributed by atoms with van der Waals surface area (Å²) in [4.78, 5) is 12.9. The third-order valence-corrected chi connectivity index (χ3v) is 1.96. The quantitative estimate of drug-likeness (QED) is 0.560. The summed E-state index contributed by atoms with van der Waals surface area (Å²) in [6, 6.07) is 0. The molecule has 0 spiro atoms. The number of carbonyl (C=O) groups is 1. The molecule has 0 bridgehead atoms. The molecule has 0 aliphatic carbocycles. The minimum atomic E-state index is -0.193. The largest absolute Gasteiger partial charge is 0.450 e. The van der Waals surface area contributed by atoms with Crippen LogP contribution in [0.15, 0.2) is 11.6 Å². The van der Waals surface area contributed by atoms with Crippen molar-refractivity contribution in [1.82, 2.24) is 4.90 Å². The fraction of sp³-hybridized carbons (Fsp3) is 0.667. The summed E-state index contributed by atoms with van der Waals surface area (Å²) in [7, 11) is 0. The Kier molecular flexibility index (Phi) is 3.14.